The first-order valence-electron chi connectivity index (χ1n) is 7.62. The van der Waals surface area contributed by atoms with Crippen LogP contribution >= 0.6 is 11.6 Å². The van der Waals surface area contributed by atoms with E-state index in [1.54, 1.807) is 0 Å². The van der Waals surface area contributed by atoms with E-state index in [2.05, 4.69) is 9.55 Å². The summed E-state index contributed by atoms with van der Waals surface area (Å²) in [4.78, 5) is 15.4. The summed E-state index contributed by atoms with van der Waals surface area (Å²) in [7, 11) is 0. The number of aryl methyl sites for hydroxylation is 1. The van der Waals surface area contributed by atoms with E-state index in [-0.39, 0.29) is 12.5 Å². The monoisotopic (exact) mass is 322 g/mol. The Kier molecular flexibility index (Phi) is 4.64. The van der Waals surface area contributed by atoms with Crippen LogP contribution in [-0.2, 0) is 22.5 Å². The van der Waals surface area contributed by atoms with E-state index in [4.69, 9.17) is 21.4 Å². The van der Waals surface area contributed by atoms with Gasteiger partial charge in [-0.05, 0) is 31.4 Å². The number of carboxylic acid groups (broad SMARTS) is 1. The van der Waals surface area contributed by atoms with Crippen LogP contribution < -0.4 is 0 Å². The van der Waals surface area contributed by atoms with Crippen molar-refractivity contribution in [3.8, 4) is 0 Å². The molecule has 0 saturated carbocycles. The number of fused-ring (bicyclic) bond motifs is 1. The molecule has 0 bridgehead atoms. The number of nitrogens with zero attached hydrogens (tertiary/aromatic N) is 2. The number of carbonyl (C=O) groups is 1. The molecule has 1 N–H and O–H groups in total. The first-order valence-corrected chi connectivity index (χ1v) is 8.00. The largest absolute Gasteiger partial charge is 0.481 e. The number of para-hydroxylation sites is 1. The Balaban J connectivity index is 1.90. The number of hydrogen-bond donors (Lipinski definition) is 1. The Labute approximate surface area is 133 Å². The van der Waals surface area contributed by atoms with Gasteiger partial charge in [-0.3, -0.25) is 4.79 Å². The van der Waals surface area contributed by atoms with Crippen molar-refractivity contribution in [2.45, 2.75) is 44.8 Å². The number of benzene rings is 1. The highest BCUT2D eigenvalue weighted by Crippen LogP contribution is 2.27. The molecule has 2 aromatic rings. The lowest BCUT2D eigenvalue weighted by Gasteiger charge is -2.14. The zero-order valence-corrected chi connectivity index (χ0v) is 13.1. The van der Waals surface area contributed by atoms with Crippen LogP contribution in [0.5, 0.6) is 0 Å². The topological polar surface area (TPSA) is 64.3 Å². The lowest BCUT2D eigenvalue weighted by molar-refractivity contribution is -0.137. The van der Waals surface area contributed by atoms with E-state index in [0.717, 1.165) is 42.9 Å². The van der Waals surface area contributed by atoms with Gasteiger partial charge in [-0.2, -0.15) is 0 Å². The average molecular weight is 323 g/mol. The fourth-order valence-corrected chi connectivity index (χ4v) is 3.24. The van der Waals surface area contributed by atoms with Gasteiger partial charge < -0.3 is 14.4 Å². The van der Waals surface area contributed by atoms with Gasteiger partial charge in [0.05, 0.1) is 28.7 Å². The molecule has 0 aliphatic carbocycles. The van der Waals surface area contributed by atoms with Gasteiger partial charge in [-0.15, -0.1) is 0 Å². The molecule has 1 saturated heterocycles. The smallest absolute Gasteiger partial charge is 0.303 e. The van der Waals surface area contributed by atoms with Crippen LogP contribution in [0.15, 0.2) is 18.2 Å². The molecule has 1 fully saturated rings. The third-order valence-corrected chi connectivity index (χ3v) is 4.30. The molecule has 6 heteroatoms. The molecule has 1 aromatic carbocycles. The Hall–Kier alpha value is -1.59. The van der Waals surface area contributed by atoms with E-state index in [1.165, 1.54) is 0 Å². The first kappa shape index (κ1) is 15.3. The zero-order valence-electron chi connectivity index (χ0n) is 12.3. The molecule has 1 aliphatic rings. The molecule has 1 unspecified atom stereocenters. The second-order valence-electron chi connectivity index (χ2n) is 5.63. The Morgan fingerprint density at radius 1 is 1.50 bits per heavy atom. The van der Waals surface area contributed by atoms with Crippen molar-refractivity contribution >= 4 is 28.6 Å². The van der Waals surface area contributed by atoms with Gasteiger partial charge in [0.2, 0.25) is 0 Å². The van der Waals surface area contributed by atoms with Gasteiger partial charge in [0, 0.05) is 19.4 Å². The van der Waals surface area contributed by atoms with Crippen LogP contribution in [0.3, 0.4) is 0 Å². The molecule has 5 nitrogen and oxygen atoms in total. The van der Waals surface area contributed by atoms with Gasteiger partial charge in [0.1, 0.15) is 5.82 Å². The minimum Gasteiger partial charge on any atom is -0.481 e. The van der Waals surface area contributed by atoms with Crippen LogP contribution in [0.25, 0.3) is 11.0 Å². The van der Waals surface area contributed by atoms with Gasteiger partial charge in [0.15, 0.2) is 0 Å². The molecule has 1 aromatic heterocycles. The fraction of sp³-hybridized carbons (Fsp3) is 0.500. The minimum atomic E-state index is -0.778. The fourth-order valence-electron chi connectivity index (χ4n) is 2.97. The zero-order chi connectivity index (χ0) is 15.5. The number of aliphatic carboxylic acids is 1. The summed E-state index contributed by atoms with van der Waals surface area (Å²) in [6.45, 7) is 1.53. The highest BCUT2D eigenvalue weighted by Gasteiger charge is 2.20. The van der Waals surface area contributed by atoms with Crippen molar-refractivity contribution in [2.75, 3.05) is 6.61 Å². The van der Waals surface area contributed by atoms with Crippen LogP contribution in [0.1, 0.15) is 31.5 Å². The predicted octanol–water partition coefficient (Wildman–Crippen LogP) is 3.28. The highest BCUT2D eigenvalue weighted by atomic mass is 35.5. The van der Waals surface area contributed by atoms with Gasteiger partial charge >= 0.3 is 5.97 Å². The van der Waals surface area contributed by atoms with Crippen molar-refractivity contribution in [3.05, 3.63) is 29.0 Å². The summed E-state index contributed by atoms with van der Waals surface area (Å²) in [5.41, 5.74) is 1.78. The normalized spacial score (nSPS) is 18.1. The summed E-state index contributed by atoms with van der Waals surface area (Å²) in [6, 6.07) is 5.68. The number of carboxylic acids is 1. The number of aromatic nitrogens is 2. The van der Waals surface area contributed by atoms with Crippen molar-refractivity contribution < 1.29 is 14.6 Å². The van der Waals surface area contributed by atoms with Gasteiger partial charge in [0.25, 0.3) is 0 Å². The second kappa shape index (κ2) is 6.67. The molecular weight excluding hydrogens is 304 g/mol. The summed E-state index contributed by atoms with van der Waals surface area (Å²) in [5.74, 6) is 0.111. The molecule has 0 amide bonds. The number of ether oxygens (including phenoxy) is 1. The lowest BCUT2D eigenvalue weighted by atomic mass is 10.2. The van der Waals surface area contributed by atoms with E-state index in [1.807, 2.05) is 18.2 Å². The first-order chi connectivity index (χ1) is 10.6. The van der Waals surface area contributed by atoms with E-state index < -0.39 is 5.97 Å². The second-order valence-corrected chi connectivity index (χ2v) is 6.04. The summed E-state index contributed by atoms with van der Waals surface area (Å²) >= 11 is 6.35. The summed E-state index contributed by atoms with van der Waals surface area (Å²) in [6.07, 6.45) is 3.66. The molecular formula is C16H19ClN2O3. The van der Waals surface area contributed by atoms with Gasteiger partial charge in [-0.25, -0.2) is 4.98 Å². The molecule has 22 heavy (non-hydrogen) atoms. The Bertz CT molecular complexity index is 677. The quantitative estimate of drug-likeness (QED) is 0.886. The molecule has 3 rings (SSSR count). The summed E-state index contributed by atoms with van der Waals surface area (Å²) < 4.78 is 7.83. The maximum Gasteiger partial charge on any atom is 0.303 e. The minimum absolute atomic E-state index is 0.150. The highest BCUT2D eigenvalue weighted by molar-refractivity contribution is 6.35. The predicted molar refractivity (Wildman–Crippen MR) is 84.3 cm³/mol. The average Bonchev–Trinajstić information content (AvgIpc) is 3.08. The summed E-state index contributed by atoms with van der Waals surface area (Å²) in [5, 5.41) is 9.48. The third-order valence-electron chi connectivity index (χ3n) is 4.00. The Morgan fingerprint density at radius 2 is 2.36 bits per heavy atom. The van der Waals surface area contributed by atoms with Gasteiger partial charge in [-0.1, -0.05) is 17.7 Å². The Morgan fingerprint density at radius 3 is 3.09 bits per heavy atom. The van der Waals surface area contributed by atoms with Crippen LogP contribution in [0.4, 0.5) is 0 Å². The SMILES string of the molecule is O=C(O)CCCc1nc2cccc(Cl)c2n1CC1CCCO1. The van der Waals surface area contributed by atoms with E-state index >= 15 is 0 Å². The molecule has 0 radical (unpaired) electrons. The molecule has 1 aliphatic heterocycles. The number of rotatable bonds is 6. The van der Waals surface area contributed by atoms with Crippen molar-refractivity contribution in [1.29, 1.82) is 0 Å². The maximum atomic E-state index is 10.7. The number of imidazole rings is 1. The number of hydrogen-bond acceptors (Lipinski definition) is 3. The molecule has 2 heterocycles. The van der Waals surface area contributed by atoms with Crippen LogP contribution in [-0.4, -0.2) is 33.3 Å². The van der Waals surface area contributed by atoms with Crippen LogP contribution in [0, 0.1) is 0 Å². The molecule has 118 valence electrons. The number of halogens is 1. The van der Waals surface area contributed by atoms with Crippen LogP contribution in [0.2, 0.25) is 5.02 Å². The van der Waals surface area contributed by atoms with Crippen molar-refractivity contribution in [2.24, 2.45) is 0 Å². The van der Waals surface area contributed by atoms with E-state index in [0.29, 0.717) is 17.9 Å². The van der Waals surface area contributed by atoms with Crippen molar-refractivity contribution in [3.63, 3.8) is 0 Å². The van der Waals surface area contributed by atoms with Crippen molar-refractivity contribution in [1.82, 2.24) is 9.55 Å². The standard InChI is InChI=1S/C16H19ClN2O3/c17-12-5-1-6-13-16(12)19(10-11-4-3-9-22-11)14(18-13)7-2-8-15(20)21/h1,5-6,11H,2-4,7-10H2,(H,20,21). The molecule has 1 atom stereocenters. The lowest BCUT2D eigenvalue weighted by Crippen LogP contribution is -2.17. The molecule has 0 spiro atoms. The third kappa shape index (κ3) is 3.25. The maximum absolute atomic E-state index is 10.7. The van der Waals surface area contributed by atoms with E-state index in [9.17, 15) is 4.79 Å².